The van der Waals surface area contributed by atoms with Crippen LogP contribution in [0.2, 0.25) is 0 Å². The minimum atomic E-state index is -4.65. The van der Waals surface area contributed by atoms with E-state index in [1.54, 1.807) is 6.92 Å². The molecule has 0 fully saturated rings. The van der Waals surface area contributed by atoms with Crippen molar-refractivity contribution >= 4 is 11.6 Å². The van der Waals surface area contributed by atoms with Crippen LogP contribution < -0.4 is 10.1 Å². The van der Waals surface area contributed by atoms with Crippen molar-refractivity contribution in [1.29, 1.82) is 0 Å². The summed E-state index contributed by atoms with van der Waals surface area (Å²) in [7, 11) is 1.43. The Morgan fingerprint density at radius 2 is 1.44 bits per heavy atom. The van der Waals surface area contributed by atoms with Gasteiger partial charge in [0.2, 0.25) is 5.91 Å². The van der Waals surface area contributed by atoms with Crippen LogP contribution in [0.4, 0.5) is 18.9 Å². The van der Waals surface area contributed by atoms with Crippen molar-refractivity contribution in [2.75, 3.05) is 25.6 Å². The van der Waals surface area contributed by atoms with Gasteiger partial charge < -0.3 is 14.8 Å². The van der Waals surface area contributed by atoms with Gasteiger partial charge in [-0.25, -0.2) is 0 Å². The van der Waals surface area contributed by atoms with Crippen LogP contribution in [0.15, 0.2) is 78.9 Å². The van der Waals surface area contributed by atoms with Gasteiger partial charge in [0.1, 0.15) is 12.4 Å². The molecule has 0 aromatic heterocycles. The predicted octanol–water partition coefficient (Wildman–Crippen LogP) is 5.68. The summed E-state index contributed by atoms with van der Waals surface area (Å²) in [5, 5.41) is 2.67. The van der Waals surface area contributed by atoms with Gasteiger partial charge in [0, 0.05) is 12.8 Å². The lowest BCUT2D eigenvalue weighted by molar-refractivity contribution is -0.139. The van der Waals surface area contributed by atoms with Crippen molar-refractivity contribution in [3.63, 3.8) is 0 Å². The quantitative estimate of drug-likeness (QED) is 0.456. The number of amides is 1. The first-order valence-corrected chi connectivity index (χ1v) is 10.0. The maximum atomic E-state index is 13.6. The van der Waals surface area contributed by atoms with Crippen LogP contribution >= 0.6 is 0 Å². The molecular formula is C25H24F3NO3. The minimum Gasteiger partial charge on any atom is -0.491 e. The first-order valence-electron chi connectivity index (χ1n) is 10.0. The number of alkyl halides is 3. The van der Waals surface area contributed by atoms with Gasteiger partial charge in [-0.2, -0.15) is 13.2 Å². The summed E-state index contributed by atoms with van der Waals surface area (Å²) in [6, 6.07) is 21.7. The van der Waals surface area contributed by atoms with Gasteiger partial charge in [0.05, 0.1) is 17.6 Å². The van der Waals surface area contributed by atoms with E-state index in [0.29, 0.717) is 0 Å². The molecule has 0 atom stereocenters. The van der Waals surface area contributed by atoms with E-state index in [9.17, 15) is 18.0 Å². The summed E-state index contributed by atoms with van der Waals surface area (Å²) in [5.74, 6) is -0.766. The number of rotatable bonds is 8. The molecule has 4 nitrogen and oxygen atoms in total. The zero-order valence-electron chi connectivity index (χ0n) is 17.8. The third kappa shape index (κ3) is 5.11. The van der Waals surface area contributed by atoms with E-state index >= 15 is 0 Å². The molecule has 32 heavy (non-hydrogen) atoms. The van der Waals surface area contributed by atoms with E-state index in [-0.39, 0.29) is 24.7 Å². The molecular weight excluding hydrogens is 419 g/mol. The highest BCUT2D eigenvalue weighted by atomic mass is 19.4. The third-order valence-electron chi connectivity index (χ3n) is 5.24. The first-order chi connectivity index (χ1) is 15.3. The Hall–Kier alpha value is -3.32. The molecule has 0 unspecified atom stereocenters. The molecule has 0 radical (unpaired) electrons. The number of benzene rings is 3. The summed E-state index contributed by atoms with van der Waals surface area (Å²) in [5.41, 5.74) is -0.611. The summed E-state index contributed by atoms with van der Waals surface area (Å²) < 4.78 is 50.9. The number of carbonyl (C=O) groups is 1. The van der Waals surface area contributed by atoms with E-state index in [1.165, 1.54) is 19.2 Å². The topological polar surface area (TPSA) is 47.6 Å². The molecule has 1 N–H and O–H groups in total. The fraction of sp³-hybridized carbons (Fsp3) is 0.240. The van der Waals surface area contributed by atoms with Crippen molar-refractivity contribution in [3.05, 3.63) is 95.6 Å². The molecule has 0 aliphatic rings. The number of hydrogen-bond donors (Lipinski definition) is 1. The second kappa shape index (κ2) is 9.87. The normalized spacial score (nSPS) is 11.8. The highest BCUT2D eigenvalue weighted by molar-refractivity contribution is 6.01. The molecule has 168 valence electrons. The molecule has 7 heteroatoms. The molecule has 3 rings (SSSR count). The Balaban J connectivity index is 1.96. The zero-order chi connectivity index (χ0) is 23.2. The Morgan fingerprint density at radius 1 is 0.875 bits per heavy atom. The number of nitrogens with one attached hydrogen (secondary N) is 1. The van der Waals surface area contributed by atoms with Gasteiger partial charge in [0.25, 0.3) is 0 Å². The predicted molar refractivity (Wildman–Crippen MR) is 117 cm³/mol. The van der Waals surface area contributed by atoms with E-state index in [2.05, 4.69) is 5.32 Å². The van der Waals surface area contributed by atoms with Crippen molar-refractivity contribution in [2.24, 2.45) is 0 Å². The fourth-order valence-corrected chi connectivity index (χ4v) is 3.42. The molecule has 1 amide bonds. The third-order valence-corrected chi connectivity index (χ3v) is 5.24. The molecule has 0 aliphatic heterocycles. The lowest BCUT2D eigenvalue weighted by atomic mass is 9.75. The number of hydrogen-bond acceptors (Lipinski definition) is 3. The van der Waals surface area contributed by atoms with Crippen molar-refractivity contribution in [2.45, 2.75) is 18.5 Å². The van der Waals surface area contributed by atoms with Crippen LogP contribution in [0.3, 0.4) is 0 Å². The van der Waals surface area contributed by atoms with Crippen molar-refractivity contribution in [1.82, 2.24) is 0 Å². The molecule has 0 bridgehead atoms. The fourth-order valence-electron chi connectivity index (χ4n) is 3.42. The summed E-state index contributed by atoms with van der Waals surface area (Å²) in [4.78, 5) is 13.5. The maximum Gasteiger partial charge on any atom is 0.420 e. The molecule has 0 saturated heterocycles. The van der Waals surface area contributed by atoms with Crippen molar-refractivity contribution in [3.8, 4) is 5.75 Å². The largest absolute Gasteiger partial charge is 0.491 e. The van der Waals surface area contributed by atoms with Gasteiger partial charge in [-0.15, -0.1) is 0 Å². The second-order valence-electron chi connectivity index (χ2n) is 7.36. The number of methoxy groups -OCH3 is 1. The lowest BCUT2D eigenvalue weighted by Gasteiger charge is -2.30. The van der Waals surface area contributed by atoms with E-state index in [1.807, 2.05) is 60.7 Å². The monoisotopic (exact) mass is 443 g/mol. The van der Waals surface area contributed by atoms with Crippen molar-refractivity contribution < 1.29 is 27.4 Å². The number of anilines is 1. The minimum absolute atomic E-state index is 0.0224. The van der Waals surface area contributed by atoms with E-state index in [4.69, 9.17) is 9.47 Å². The van der Waals surface area contributed by atoms with Crippen LogP contribution in [0, 0.1) is 0 Å². The number of ether oxygens (including phenoxy) is 2. The van der Waals surface area contributed by atoms with Gasteiger partial charge >= 0.3 is 6.18 Å². The summed E-state index contributed by atoms with van der Waals surface area (Å²) >= 11 is 0. The van der Waals surface area contributed by atoms with Gasteiger partial charge in [0.15, 0.2) is 0 Å². The highest BCUT2D eigenvalue weighted by Crippen LogP contribution is 2.39. The summed E-state index contributed by atoms with van der Waals surface area (Å²) in [6.45, 7) is 1.88. The van der Waals surface area contributed by atoms with Crippen LogP contribution in [0.1, 0.15) is 23.6 Å². The standard InChI is InChI=1S/C25H24F3NO3/c1-24(18-9-5-3-6-10-18,19-11-7-4-8-12-19)23(30)29-20-13-14-22(32-16-15-31-2)21(17-20)25(26,27)28/h3-14,17H,15-16H2,1-2H3,(H,29,30). The van der Waals surface area contributed by atoms with Crippen LogP contribution in [-0.2, 0) is 21.1 Å². The highest BCUT2D eigenvalue weighted by Gasteiger charge is 2.38. The Labute approximate surface area is 185 Å². The van der Waals surface area contributed by atoms with Gasteiger partial charge in [-0.1, -0.05) is 60.7 Å². The van der Waals surface area contributed by atoms with Crippen LogP contribution in [-0.4, -0.2) is 26.2 Å². The van der Waals surface area contributed by atoms with Crippen LogP contribution in [0.25, 0.3) is 0 Å². The number of carbonyl (C=O) groups excluding carboxylic acids is 1. The Kier molecular flexibility index (Phi) is 7.20. The lowest BCUT2D eigenvalue weighted by Crippen LogP contribution is -2.38. The second-order valence-corrected chi connectivity index (χ2v) is 7.36. The molecule has 3 aromatic carbocycles. The molecule has 0 aliphatic carbocycles. The average Bonchev–Trinajstić information content (AvgIpc) is 2.80. The summed E-state index contributed by atoms with van der Waals surface area (Å²) in [6.07, 6.45) is -4.65. The van der Waals surface area contributed by atoms with Crippen LogP contribution in [0.5, 0.6) is 5.75 Å². The number of halogens is 3. The van der Waals surface area contributed by atoms with Gasteiger partial charge in [-0.3, -0.25) is 4.79 Å². The smallest absolute Gasteiger partial charge is 0.420 e. The first kappa shape index (κ1) is 23.3. The molecule has 3 aromatic rings. The maximum absolute atomic E-state index is 13.6. The van der Waals surface area contributed by atoms with E-state index < -0.39 is 23.1 Å². The van der Waals surface area contributed by atoms with Gasteiger partial charge in [-0.05, 0) is 36.2 Å². The SMILES string of the molecule is COCCOc1ccc(NC(=O)C(C)(c2ccccc2)c2ccccc2)cc1C(F)(F)F. The Morgan fingerprint density at radius 3 is 1.94 bits per heavy atom. The molecule has 0 heterocycles. The zero-order valence-corrected chi connectivity index (χ0v) is 17.8. The molecule has 0 spiro atoms. The Bertz CT molecular complexity index is 998. The van der Waals surface area contributed by atoms with E-state index in [0.717, 1.165) is 17.2 Å². The average molecular weight is 443 g/mol. The molecule has 0 saturated carbocycles.